The van der Waals surface area contributed by atoms with Gasteiger partial charge in [-0.1, -0.05) is 53.6 Å². The average Bonchev–Trinajstić information content (AvgIpc) is 2.86. The number of hydrogen-bond donors (Lipinski definition) is 3. The van der Waals surface area contributed by atoms with Crippen molar-refractivity contribution >= 4 is 35.0 Å². The Morgan fingerprint density at radius 2 is 1.50 bits per heavy atom. The van der Waals surface area contributed by atoms with Crippen LogP contribution in [0, 0.1) is 6.92 Å². The molecule has 0 saturated heterocycles. The highest BCUT2D eigenvalue weighted by atomic mass is 35.5. The number of nitrogens with one attached hydrogen (secondary N) is 2. The van der Waals surface area contributed by atoms with Crippen molar-refractivity contribution in [2.45, 2.75) is 13.1 Å². The number of anilines is 2. The number of alkyl halides is 3. The number of aryl methyl sites for hydroxylation is 1. The van der Waals surface area contributed by atoms with Gasteiger partial charge >= 0.3 is 18.2 Å². The van der Waals surface area contributed by atoms with E-state index in [1.165, 1.54) is 48.5 Å². The molecule has 0 fully saturated rings. The zero-order valence-electron chi connectivity index (χ0n) is 19.8. The van der Waals surface area contributed by atoms with E-state index >= 15 is 0 Å². The fraction of sp³-hybridized carbons (Fsp3) is 0.0714. The van der Waals surface area contributed by atoms with Crippen LogP contribution in [0.25, 0.3) is 11.1 Å². The first kappa shape index (κ1) is 26.6. The molecule has 0 atom stereocenters. The van der Waals surface area contributed by atoms with Crippen LogP contribution >= 0.6 is 11.6 Å². The second-order valence-corrected chi connectivity index (χ2v) is 8.66. The van der Waals surface area contributed by atoms with E-state index in [2.05, 4.69) is 10.6 Å². The molecule has 4 rings (SSSR count). The van der Waals surface area contributed by atoms with Gasteiger partial charge in [-0.3, -0.25) is 0 Å². The van der Waals surface area contributed by atoms with Crippen LogP contribution in [-0.2, 0) is 6.18 Å². The predicted octanol–water partition coefficient (Wildman–Crippen LogP) is 8.47. The molecule has 0 heterocycles. The molecule has 0 aliphatic rings. The number of para-hydroxylation sites is 1. The van der Waals surface area contributed by atoms with Crippen molar-refractivity contribution in [3.05, 3.63) is 107 Å². The maximum Gasteiger partial charge on any atom is 0.419 e. The van der Waals surface area contributed by atoms with Gasteiger partial charge in [0.25, 0.3) is 0 Å². The molecule has 2 amide bonds. The first-order valence-corrected chi connectivity index (χ1v) is 11.5. The second-order valence-electron chi connectivity index (χ2n) is 8.25. The summed E-state index contributed by atoms with van der Waals surface area (Å²) < 4.78 is 46.2. The van der Waals surface area contributed by atoms with Gasteiger partial charge in [-0.15, -0.1) is 0 Å². The highest BCUT2D eigenvalue weighted by Gasteiger charge is 2.34. The lowest BCUT2D eigenvalue weighted by atomic mass is 10.0. The lowest BCUT2D eigenvalue weighted by Gasteiger charge is -2.17. The number of halogens is 4. The summed E-state index contributed by atoms with van der Waals surface area (Å²) in [6.07, 6.45) is -4.66. The molecular formula is C28H20ClF3N2O4. The molecule has 4 aromatic carbocycles. The van der Waals surface area contributed by atoms with Crippen molar-refractivity contribution in [2.75, 3.05) is 10.6 Å². The third-order valence-electron chi connectivity index (χ3n) is 5.48. The molecule has 194 valence electrons. The largest absolute Gasteiger partial charge is 0.478 e. The van der Waals surface area contributed by atoms with Crippen molar-refractivity contribution in [3.8, 4) is 22.6 Å². The van der Waals surface area contributed by atoms with Gasteiger partial charge < -0.3 is 20.5 Å². The van der Waals surface area contributed by atoms with E-state index in [4.69, 9.17) is 16.3 Å². The number of urea groups is 1. The maximum atomic E-state index is 13.5. The Morgan fingerprint density at radius 1 is 0.842 bits per heavy atom. The molecule has 38 heavy (non-hydrogen) atoms. The number of ether oxygens (including phenoxy) is 1. The fourth-order valence-electron chi connectivity index (χ4n) is 3.59. The molecule has 0 radical (unpaired) electrons. The number of carbonyl (C=O) groups is 2. The minimum Gasteiger partial charge on any atom is -0.478 e. The Labute approximate surface area is 220 Å². The quantitative estimate of drug-likeness (QED) is 0.229. The Hall–Kier alpha value is -4.50. The standard InChI is InChI=1S/C28H20ClF3N2O4/c1-16-6-10-19(11-7-16)33-27(37)34-23-15-18(17-8-12-20(26(35)36)22(29)14-17)9-13-25(23)38-24-5-3-2-4-21(24)28(30,31)32/h2-15H,1H3,(H,35,36)(H2,33,34,37). The number of carbonyl (C=O) groups excluding carboxylic acids is 1. The Bertz CT molecular complexity index is 1510. The van der Waals surface area contributed by atoms with Crippen LogP contribution in [0.5, 0.6) is 11.5 Å². The van der Waals surface area contributed by atoms with Gasteiger partial charge in [0.05, 0.1) is 21.8 Å². The SMILES string of the molecule is Cc1ccc(NC(=O)Nc2cc(-c3ccc(C(=O)O)c(Cl)c3)ccc2Oc2ccccc2C(F)(F)F)cc1. The molecule has 10 heteroatoms. The van der Waals surface area contributed by atoms with Crippen LogP contribution in [0.15, 0.2) is 84.9 Å². The zero-order valence-corrected chi connectivity index (χ0v) is 20.5. The van der Waals surface area contributed by atoms with E-state index in [9.17, 15) is 27.9 Å². The molecule has 0 aromatic heterocycles. The van der Waals surface area contributed by atoms with Gasteiger partial charge in [-0.25, -0.2) is 9.59 Å². The molecule has 4 aromatic rings. The molecule has 0 unspecified atom stereocenters. The smallest absolute Gasteiger partial charge is 0.419 e. The van der Waals surface area contributed by atoms with E-state index in [-0.39, 0.29) is 22.0 Å². The first-order chi connectivity index (χ1) is 18.0. The van der Waals surface area contributed by atoms with Crippen molar-refractivity contribution in [3.63, 3.8) is 0 Å². The molecule has 0 aliphatic heterocycles. The first-order valence-electron chi connectivity index (χ1n) is 11.2. The normalized spacial score (nSPS) is 11.1. The Kier molecular flexibility index (Phi) is 7.59. The summed E-state index contributed by atoms with van der Waals surface area (Å²) in [6.45, 7) is 1.90. The van der Waals surface area contributed by atoms with E-state index in [0.29, 0.717) is 16.8 Å². The zero-order chi connectivity index (χ0) is 27.4. The van der Waals surface area contributed by atoms with Crippen molar-refractivity contribution in [2.24, 2.45) is 0 Å². The summed E-state index contributed by atoms with van der Waals surface area (Å²) in [5.41, 5.74) is 1.53. The highest BCUT2D eigenvalue weighted by molar-refractivity contribution is 6.33. The Balaban J connectivity index is 1.71. The lowest BCUT2D eigenvalue weighted by molar-refractivity contribution is -0.138. The topological polar surface area (TPSA) is 87.7 Å². The number of aromatic carboxylic acids is 1. The van der Waals surface area contributed by atoms with Gasteiger partial charge in [-0.2, -0.15) is 13.2 Å². The van der Waals surface area contributed by atoms with Crippen LogP contribution in [0.1, 0.15) is 21.5 Å². The number of hydrogen-bond acceptors (Lipinski definition) is 3. The van der Waals surface area contributed by atoms with Gasteiger partial charge in [0, 0.05) is 5.69 Å². The van der Waals surface area contributed by atoms with E-state index in [1.807, 2.05) is 19.1 Å². The summed E-state index contributed by atoms with van der Waals surface area (Å²) in [4.78, 5) is 24.1. The fourth-order valence-corrected chi connectivity index (χ4v) is 3.86. The van der Waals surface area contributed by atoms with Crippen LogP contribution in [0.3, 0.4) is 0 Å². The average molecular weight is 541 g/mol. The molecule has 0 bridgehead atoms. The molecule has 0 spiro atoms. The predicted molar refractivity (Wildman–Crippen MR) is 139 cm³/mol. The van der Waals surface area contributed by atoms with E-state index in [0.717, 1.165) is 11.6 Å². The summed E-state index contributed by atoms with van der Waals surface area (Å²) in [6, 6.07) is 19.9. The van der Waals surface area contributed by atoms with Crippen LogP contribution in [-0.4, -0.2) is 17.1 Å². The second kappa shape index (κ2) is 10.9. The molecule has 0 saturated carbocycles. The van der Waals surface area contributed by atoms with Gasteiger partial charge in [0.1, 0.15) is 5.75 Å². The number of benzene rings is 4. The number of carboxylic acids is 1. The van der Waals surface area contributed by atoms with Crippen LogP contribution < -0.4 is 15.4 Å². The Morgan fingerprint density at radius 3 is 2.16 bits per heavy atom. The minimum atomic E-state index is -4.66. The lowest BCUT2D eigenvalue weighted by Crippen LogP contribution is -2.20. The monoisotopic (exact) mass is 540 g/mol. The van der Waals surface area contributed by atoms with E-state index < -0.39 is 29.5 Å². The third kappa shape index (κ3) is 6.24. The van der Waals surface area contributed by atoms with Crippen molar-refractivity contribution < 1.29 is 32.6 Å². The highest BCUT2D eigenvalue weighted by Crippen LogP contribution is 2.41. The number of amides is 2. The number of rotatable bonds is 6. The van der Waals surface area contributed by atoms with Gasteiger partial charge in [0.2, 0.25) is 0 Å². The molecule has 3 N–H and O–H groups in total. The van der Waals surface area contributed by atoms with E-state index in [1.54, 1.807) is 18.2 Å². The maximum absolute atomic E-state index is 13.5. The van der Waals surface area contributed by atoms with Crippen molar-refractivity contribution in [1.82, 2.24) is 0 Å². The number of carboxylic acid groups (broad SMARTS) is 1. The summed E-state index contributed by atoms with van der Waals surface area (Å²) in [7, 11) is 0. The van der Waals surface area contributed by atoms with Gasteiger partial charge in [-0.05, 0) is 66.6 Å². The molecule has 0 aliphatic carbocycles. The molecular weight excluding hydrogens is 521 g/mol. The van der Waals surface area contributed by atoms with Crippen LogP contribution in [0.4, 0.5) is 29.3 Å². The third-order valence-corrected chi connectivity index (χ3v) is 5.80. The van der Waals surface area contributed by atoms with Gasteiger partial charge in [0.15, 0.2) is 5.75 Å². The van der Waals surface area contributed by atoms with Crippen LogP contribution in [0.2, 0.25) is 5.02 Å². The van der Waals surface area contributed by atoms with Crippen molar-refractivity contribution in [1.29, 1.82) is 0 Å². The summed E-state index contributed by atoms with van der Waals surface area (Å²) in [5.74, 6) is -1.68. The summed E-state index contributed by atoms with van der Waals surface area (Å²) >= 11 is 6.11. The minimum absolute atomic E-state index is 0.000976. The molecule has 6 nitrogen and oxygen atoms in total. The summed E-state index contributed by atoms with van der Waals surface area (Å²) in [5, 5.41) is 14.5.